The van der Waals surface area contributed by atoms with Gasteiger partial charge in [-0.25, -0.2) is 0 Å². The molecule has 2 aromatic rings. The molecule has 0 radical (unpaired) electrons. The molecule has 4 nitrogen and oxygen atoms in total. The van der Waals surface area contributed by atoms with Gasteiger partial charge in [-0.2, -0.15) is 0 Å². The summed E-state index contributed by atoms with van der Waals surface area (Å²) in [6.45, 7) is 3.02. The molecule has 31 heavy (non-hydrogen) atoms. The van der Waals surface area contributed by atoms with Gasteiger partial charge < -0.3 is 14.6 Å². The summed E-state index contributed by atoms with van der Waals surface area (Å²) in [4.78, 5) is 13.3. The second-order valence-electron chi connectivity index (χ2n) is 9.30. The van der Waals surface area contributed by atoms with Gasteiger partial charge >= 0.3 is 0 Å². The van der Waals surface area contributed by atoms with E-state index in [1.807, 2.05) is 24.3 Å². The second-order valence-corrected chi connectivity index (χ2v) is 9.73. The molecule has 0 atom stereocenters. The van der Waals surface area contributed by atoms with Crippen molar-refractivity contribution in [2.75, 3.05) is 7.11 Å². The highest BCUT2D eigenvalue weighted by Gasteiger charge is 2.25. The van der Waals surface area contributed by atoms with Crippen molar-refractivity contribution < 1.29 is 9.53 Å². The van der Waals surface area contributed by atoms with Crippen molar-refractivity contribution in [1.29, 1.82) is 0 Å². The van der Waals surface area contributed by atoms with Gasteiger partial charge in [0, 0.05) is 28.9 Å². The fourth-order valence-corrected chi connectivity index (χ4v) is 5.52. The normalized spacial score (nSPS) is 18.2. The highest BCUT2D eigenvalue weighted by atomic mass is 35.5. The first-order valence-electron chi connectivity index (χ1n) is 11.9. The minimum atomic E-state index is 0.0500. The number of hydrogen-bond acceptors (Lipinski definition) is 2. The molecule has 4 rings (SSSR count). The molecule has 0 spiro atoms. The summed E-state index contributed by atoms with van der Waals surface area (Å²) in [5.74, 6) is 1.48. The zero-order chi connectivity index (χ0) is 21.8. The Morgan fingerprint density at radius 3 is 2.42 bits per heavy atom. The van der Waals surface area contributed by atoms with Gasteiger partial charge in [-0.05, 0) is 62.8 Å². The summed E-state index contributed by atoms with van der Waals surface area (Å²) >= 11 is 6.36. The Hall–Kier alpha value is -1.94. The van der Waals surface area contributed by atoms with Gasteiger partial charge in [0.15, 0.2) is 0 Å². The first kappa shape index (κ1) is 22.3. The van der Waals surface area contributed by atoms with Crippen molar-refractivity contribution in [2.24, 2.45) is 5.92 Å². The van der Waals surface area contributed by atoms with Crippen molar-refractivity contribution in [3.63, 3.8) is 0 Å². The minimum Gasteiger partial charge on any atom is -0.496 e. The Balaban J connectivity index is 1.70. The predicted octanol–water partition coefficient (Wildman–Crippen LogP) is 6.77. The summed E-state index contributed by atoms with van der Waals surface area (Å²) < 4.78 is 7.99. The highest BCUT2D eigenvalue weighted by Crippen LogP contribution is 2.37. The van der Waals surface area contributed by atoms with E-state index in [9.17, 15) is 4.79 Å². The number of aromatic nitrogens is 1. The number of carbonyl (C=O) groups excluding carboxylic acids is 1. The maximum Gasteiger partial charge on any atom is 0.253 e. The Labute approximate surface area is 191 Å². The van der Waals surface area contributed by atoms with Crippen molar-refractivity contribution in [3.05, 3.63) is 40.5 Å². The summed E-state index contributed by atoms with van der Waals surface area (Å²) in [5, 5.41) is 3.98. The third kappa shape index (κ3) is 5.11. The molecule has 2 aliphatic carbocycles. The summed E-state index contributed by atoms with van der Waals surface area (Å²) in [6.07, 6.45) is 12.3. The van der Waals surface area contributed by atoms with Crippen LogP contribution in [0.4, 0.5) is 0 Å². The Kier molecular flexibility index (Phi) is 7.27. The lowest BCUT2D eigenvalue weighted by atomic mass is 9.89. The molecule has 168 valence electrons. The first-order valence-corrected chi connectivity index (χ1v) is 12.3. The van der Waals surface area contributed by atoms with Crippen LogP contribution in [0.15, 0.2) is 24.3 Å². The molecular weight excluding hydrogens is 408 g/mol. The van der Waals surface area contributed by atoms with E-state index in [-0.39, 0.29) is 5.91 Å². The van der Waals surface area contributed by atoms with Crippen LogP contribution in [-0.4, -0.2) is 23.6 Å². The molecule has 1 amide bonds. The minimum absolute atomic E-state index is 0.0500. The largest absolute Gasteiger partial charge is 0.496 e. The van der Waals surface area contributed by atoms with E-state index in [2.05, 4.69) is 16.8 Å². The Morgan fingerprint density at radius 1 is 1.06 bits per heavy atom. The Morgan fingerprint density at radius 2 is 1.74 bits per heavy atom. The van der Waals surface area contributed by atoms with Crippen LogP contribution in [-0.2, 0) is 6.54 Å². The lowest BCUT2D eigenvalue weighted by molar-refractivity contribution is 0.0927. The smallest absolute Gasteiger partial charge is 0.253 e. The zero-order valence-corrected chi connectivity index (χ0v) is 19.6. The SMILES string of the molecule is COc1ccc(Cl)cc1-c1cc(C(=O)NC2CCCCC2)c(C)n1CC1CCCCC1. The maximum atomic E-state index is 13.3. The van der Waals surface area contributed by atoms with Crippen LogP contribution < -0.4 is 10.1 Å². The van der Waals surface area contributed by atoms with Gasteiger partial charge in [0.25, 0.3) is 5.91 Å². The highest BCUT2D eigenvalue weighted by molar-refractivity contribution is 6.31. The average Bonchev–Trinajstić information content (AvgIpc) is 3.11. The molecule has 5 heteroatoms. The van der Waals surface area contributed by atoms with E-state index >= 15 is 0 Å². The van der Waals surface area contributed by atoms with E-state index in [1.165, 1.54) is 51.4 Å². The van der Waals surface area contributed by atoms with Gasteiger partial charge in [0.05, 0.1) is 18.4 Å². The van der Waals surface area contributed by atoms with Crippen LogP contribution in [0.1, 0.15) is 80.3 Å². The second kappa shape index (κ2) is 10.1. The molecule has 1 N–H and O–H groups in total. The lowest BCUT2D eigenvalue weighted by Gasteiger charge is -2.25. The van der Waals surface area contributed by atoms with Gasteiger partial charge in [0.2, 0.25) is 0 Å². The van der Waals surface area contributed by atoms with E-state index in [0.717, 1.165) is 47.7 Å². The topological polar surface area (TPSA) is 43.3 Å². The van der Waals surface area contributed by atoms with Crippen LogP contribution in [0.2, 0.25) is 5.02 Å². The number of carbonyl (C=O) groups is 1. The molecule has 2 fully saturated rings. The number of rotatable bonds is 6. The zero-order valence-electron chi connectivity index (χ0n) is 18.9. The molecule has 2 saturated carbocycles. The molecule has 0 saturated heterocycles. The number of nitrogens with one attached hydrogen (secondary N) is 1. The van der Waals surface area contributed by atoms with E-state index in [4.69, 9.17) is 16.3 Å². The number of benzene rings is 1. The van der Waals surface area contributed by atoms with Gasteiger partial charge in [-0.1, -0.05) is 50.1 Å². The number of nitrogens with zero attached hydrogens (tertiary/aromatic N) is 1. The molecule has 1 aromatic carbocycles. The van der Waals surface area contributed by atoms with Crippen LogP contribution >= 0.6 is 11.6 Å². The summed E-state index contributed by atoms with van der Waals surface area (Å²) in [7, 11) is 1.69. The molecule has 1 heterocycles. The fraction of sp³-hybridized carbons (Fsp3) is 0.577. The lowest BCUT2D eigenvalue weighted by Crippen LogP contribution is -2.36. The number of methoxy groups -OCH3 is 1. The van der Waals surface area contributed by atoms with Crippen LogP contribution in [0, 0.1) is 12.8 Å². The first-order chi connectivity index (χ1) is 15.1. The monoisotopic (exact) mass is 442 g/mol. The van der Waals surface area contributed by atoms with Crippen molar-refractivity contribution in [2.45, 2.75) is 83.7 Å². The van der Waals surface area contributed by atoms with Crippen LogP contribution in [0.3, 0.4) is 0 Å². The van der Waals surface area contributed by atoms with Crippen molar-refractivity contribution in [1.82, 2.24) is 9.88 Å². The van der Waals surface area contributed by atoms with Gasteiger partial charge in [0.1, 0.15) is 5.75 Å². The van der Waals surface area contributed by atoms with Gasteiger partial charge in [-0.15, -0.1) is 0 Å². The summed E-state index contributed by atoms with van der Waals surface area (Å²) in [5.41, 5.74) is 3.79. The Bertz CT molecular complexity index is 908. The van der Waals surface area contributed by atoms with Crippen LogP contribution in [0.25, 0.3) is 11.3 Å². The van der Waals surface area contributed by atoms with Gasteiger partial charge in [-0.3, -0.25) is 4.79 Å². The fourth-order valence-electron chi connectivity index (χ4n) is 5.35. The third-order valence-electron chi connectivity index (χ3n) is 7.15. The molecule has 0 bridgehead atoms. The number of hydrogen-bond donors (Lipinski definition) is 1. The predicted molar refractivity (Wildman–Crippen MR) is 127 cm³/mol. The number of ether oxygens (including phenoxy) is 1. The maximum absolute atomic E-state index is 13.3. The van der Waals surface area contributed by atoms with Crippen LogP contribution in [0.5, 0.6) is 5.75 Å². The number of amides is 1. The standard InChI is InChI=1S/C26H35ClN2O2/c1-18-22(26(30)28-21-11-7-4-8-12-21)16-24(23-15-20(27)13-14-25(23)31-2)29(18)17-19-9-5-3-6-10-19/h13-16,19,21H,3-12,17H2,1-2H3,(H,28,30). The van der Waals surface area contributed by atoms with E-state index < -0.39 is 0 Å². The molecule has 2 aliphatic rings. The summed E-state index contributed by atoms with van der Waals surface area (Å²) in [6, 6.07) is 8.06. The molecule has 1 aromatic heterocycles. The quantitative estimate of drug-likeness (QED) is 0.536. The molecule has 0 unspecified atom stereocenters. The third-order valence-corrected chi connectivity index (χ3v) is 7.39. The molecule has 0 aliphatic heterocycles. The van der Waals surface area contributed by atoms with E-state index in [1.54, 1.807) is 7.11 Å². The molecular formula is C26H35ClN2O2. The van der Waals surface area contributed by atoms with Crippen molar-refractivity contribution in [3.8, 4) is 17.0 Å². The van der Waals surface area contributed by atoms with Crippen molar-refractivity contribution >= 4 is 17.5 Å². The average molecular weight is 443 g/mol. The number of halogens is 1. The van der Waals surface area contributed by atoms with E-state index in [0.29, 0.717) is 17.0 Å².